The van der Waals surface area contributed by atoms with E-state index >= 15 is 0 Å². The maximum Gasteiger partial charge on any atom is 0.137 e. The lowest BCUT2D eigenvalue weighted by Crippen LogP contribution is -2.46. The molecule has 5 heteroatoms. The lowest BCUT2D eigenvalue weighted by molar-refractivity contribution is 0.358. The van der Waals surface area contributed by atoms with E-state index in [0.29, 0.717) is 6.54 Å². The van der Waals surface area contributed by atoms with Gasteiger partial charge in [0.1, 0.15) is 5.84 Å². The van der Waals surface area contributed by atoms with Crippen LogP contribution in [-0.2, 0) is 0 Å². The molecule has 1 aromatic rings. The second-order valence-electron chi connectivity index (χ2n) is 4.39. The number of aryl methyl sites for hydroxylation is 1. The molecule has 0 aromatic carbocycles. The van der Waals surface area contributed by atoms with Gasteiger partial charge in [-0.2, -0.15) is 0 Å². The van der Waals surface area contributed by atoms with E-state index < -0.39 is 0 Å². The Kier molecular flexibility index (Phi) is 4.52. The quantitative estimate of drug-likeness (QED) is 0.637. The van der Waals surface area contributed by atoms with Gasteiger partial charge in [-0.1, -0.05) is 6.58 Å². The molecule has 0 radical (unpaired) electrons. The SMILES string of the molecule is C=C(CN)N=C(c1csc(C)c1)N1CCNCC1. The van der Waals surface area contributed by atoms with Crippen molar-refractivity contribution in [2.45, 2.75) is 6.92 Å². The van der Waals surface area contributed by atoms with Gasteiger partial charge in [-0.15, -0.1) is 11.3 Å². The van der Waals surface area contributed by atoms with Gasteiger partial charge in [0.05, 0.1) is 0 Å². The summed E-state index contributed by atoms with van der Waals surface area (Å²) in [5, 5.41) is 5.51. The Morgan fingerprint density at radius 2 is 2.28 bits per heavy atom. The first kappa shape index (κ1) is 13.3. The van der Waals surface area contributed by atoms with E-state index in [1.807, 2.05) is 0 Å². The monoisotopic (exact) mass is 264 g/mol. The molecular formula is C13H20N4S. The molecule has 0 unspecified atom stereocenters. The Bertz CT molecular complexity index is 444. The summed E-state index contributed by atoms with van der Waals surface area (Å²) in [7, 11) is 0. The molecule has 1 saturated heterocycles. The first-order valence-electron chi connectivity index (χ1n) is 6.18. The number of nitrogens with zero attached hydrogens (tertiary/aromatic N) is 2. The van der Waals surface area contributed by atoms with Gasteiger partial charge in [0.2, 0.25) is 0 Å². The Morgan fingerprint density at radius 3 is 2.83 bits per heavy atom. The topological polar surface area (TPSA) is 53.6 Å². The molecule has 1 aliphatic heterocycles. The summed E-state index contributed by atoms with van der Waals surface area (Å²) in [4.78, 5) is 8.21. The number of aliphatic imine (C=N–C) groups is 1. The van der Waals surface area contributed by atoms with Gasteiger partial charge in [0, 0.05) is 54.2 Å². The summed E-state index contributed by atoms with van der Waals surface area (Å²) in [6.45, 7) is 10.4. The molecule has 1 aromatic heterocycles. The molecule has 0 aliphatic carbocycles. The standard InChI is InChI=1S/C13H20N4S/c1-10(8-14)16-13(12-7-11(2)18-9-12)17-5-3-15-4-6-17/h7,9,15H,1,3-6,8,14H2,2H3. The molecule has 98 valence electrons. The minimum atomic E-state index is 0.401. The van der Waals surface area contributed by atoms with Gasteiger partial charge in [-0.3, -0.25) is 0 Å². The number of hydrogen-bond donors (Lipinski definition) is 2. The fourth-order valence-electron chi connectivity index (χ4n) is 1.95. The summed E-state index contributed by atoms with van der Waals surface area (Å²) in [6, 6.07) is 2.18. The molecule has 0 bridgehead atoms. The fraction of sp³-hybridized carbons (Fsp3) is 0.462. The molecule has 0 saturated carbocycles. The van der Waals surface area contributed by atoms with E-state index in [0.717, 1.165) is 37.7 Å². The average Bonchev–Trinajstić information content (AvgIpc) is 2.83. The summed E-state index contributed by atoms with van der Waals surface area (Å²) >= 11 is 1.75. The highest BCUT2D eigenvalue weighted by Gasteiger charge is 2.17. The zero-order valence-corrected chi connectivity index (χ0v) is 11.6. The third-order valence-electron chi connectivity index (χ3n) is 2.90. The third-order valence-corrected chi connectivity index (χ3v) is 3.77. The molecule has 18 heavy (non-hydrogen) atoms. The maximum atomic E-state index is 5.60. The van der Waals surface area contributed by atoms with E-state index in [1.54, 1.807) is 11.3 Å². The van der Waals surface area contributed by atoms with Crippen LogP contribution in [0, 0.1) is 6.92 Å². The van der Waals surface area contributed by atoms with Crippen LogP contribution in [0.15, 0.2) is 28.7 Å². The molecular weight excluding hydrogens is 244 g/mol. The van der Waals surface area contributed by atoms with Gasteiger partial charge in [0.25, 0.3) is 0 Å². The summed E-state index contributed by atoms with van der Waals surface area (Å²) in [5.41, 5.74) is 7.50. The minimum Gasteiger partial charge on any atom is -0.354 e. The summed E-state index contributed by atoms with van der Waals surface area (Å²) in [5.74, 6) is 1.01. The largest absolute Gasteiger partial charge is 0.354 e. The van der Waals surface area contributed by atoms with Crippen molar-refractivity contribution < 1.29 is 0 Å². The smallest absolute Gasteiger partial charge is 0.137 e. The van der Waals surface area contributed by atoms with E-state index in [1.165, 1.54) is 10.4 Å². The second-order valence-corrected chi connectivity index (χ2v) is 5.50. The number of nitrogens with one attached hydrogen (secondary N) is 1. The minimum absolute atomic E-state index is 0.401. The van der Waals surface area contributed by atoms with Crippen molar-refractivity contribution in [2.24, 2.45) is 10.7 Å². The summed E-state index contributed by atoms with van der Waals surface area (Å²) in [6.07, 6.45) is 0. The highest BCUT2D eigenvalue weighted by Crippen LogP contribution is 2.17. The van der Waals surface area contributed by atoms with E-state index in [9.17, 15) is 0 Å². The van der Waals surface area contributed by atoms with Gasteiger partial charge >= 0.3 is 0 Å². The van der Waals surface area contributed by atoms with Gasteiger partial charge in [0.15, 0.2) is 0 Å². The van der Waals surface area contributed by atoms with E-state index in [2.05, 4.69) is 40.2 Å². The Morgan fingerprint density at radius 1 is 1.56 bits per heavy atom. The van der Waals surface area contributed by atoms with Crippen LogP contribution in [0.3, 0.4) is 0 Å². The van der Waals surface area contributed by atoms with Crippen molar-refractivity contribution in [3.63, 3.8) is 0 Å². The number of piperazine rings is 1. The van der Waals surface area contributed by atoms with Crippen molar-refractivity contribution in [3.05, 3.63) is 34.2 Å². The molecule has 3 N–H and O–H groups in total. The predicted octanol–water partition coefficient (Wildman–Crippen LogP) is 1.18. The zero-order valence-electron chi connectivity index (χ0n) is 10.8. The molecule has 0 amide bonds. The molecule has 0 spiro atoms. The number of thiophene rings is 1. The van der Waals surface area contributed by atoms with Crippen molar-refractivity contribution in [3.8, 4) is 0 Å². The molecule has 1 aliphatic rings. The normalized spacial score (nSPS) is 17.0. The van der Waals surface area contributed by atoms with Crippen LogP contribution in [0.4, 0.5) is 0 Å². The first-order valence-corrected chi connectivity index (χ1v) is 7.06. The molecule has 1 fully saturated rings. The van der Waals surface area contributed by atoms with Gasteiger partial charge in [-0.25, -0.2) is 4.99 Å². The number of rotatable bonds is 3. The number of hydrogen-bond acceptors (Lipinski definition) is 4. The Balaban J connectivity index is 2.27. The Hall–Kier alpha value is -1.17. The van der Waals surface area contributed by atoms with Crippen LogP contribution in [0.1, 0.15) is 10.4 Å². The van der Waals surface area contributed by atoms with Crippen molar-refractivity contribution in [1.29, 1.82) is 0 Å². The van der Waals surface area contributed by atoms with Crippen molar-refractivity contribution in [1.82, 2.24) is 10.2 Å². The van der Waals surface area contributed by atoms with Crippen molar-refractivity contribution in [2.75, 3.05) is 32.7 Å². The van der Waals surface area contributed by atoms with Crippen LogP contribution in [0.5, 0.6) is 0 Å². The van der Waals surface area contributed by atoms with Crippen LogP contribution in [0.2, 0.25) is 0 Å². The predicted molar refractivity (Wildman–Crippen MR) is 78.2 cm³/mol. The van der Waals surface area contributed by atoms with E-state index in [4.69, 9.17) is 5.73 Å². The van der Waals surface area contributed by atoms with Crippen LogP contribution < -0.4 is 11.1 Å². The molecule has 2 heterocycles. The summed E-state index contributed by atoms with van der Waals surface area (Å²) < 4.78 is 0. The number of nitrogens with two attached hydrogens (primary N) is 1. The third kappa shape index (κ3) is 3.19. The first-order chi connectivity index (χ1) is 8.70. The fourth-order valence-corrected chi connectivity index (χ4v) is 2.63. The Labute approximate surface area is 112 Å². The second kappa shape index (κ2) is 6.13. The lowest BCUT2D eigenvalue weighted by Gasteiger charge is -2.30. The highest BCUT2D eigenvalue weighted by molar-refractivity contribution is 7.10. The zero-order chi connectivity index (χ0) is 13.0. The number of amidine groups is 1. The van der Waals surface area contributed by atoms with Gasteiger partial charge < -0.3 is 16.0 Å². The van der Waals surface area contributed by atoms with Crippen LogP contribution in [-0.4, -0.2) is 43.5 Å². The molecule has 2 rings (SSSR count). The maximum absolute atomic E-state index is 5.60. The molecule has 0 atom stereocenters. The van der Waals surface area contributed by atoms with Crippen molar-refractivity contribution >= 4 is 17.2 Å². The molecule has 4 nitrogen and oxygen atoms in total. The van der Waals surface area contributed by atoms with Crippen LogP contribution in [0.25, 0.3) is 0 Å². The average molecular weight is 264 g/mol. The van der Waals surface area contributed by atoms with Gasteiger partial charge in [-0.05, 0) is 13.0 Å². The van der Waals surface area contributed by atoms with Crippen LogP contribution >= 0.6 is 11.3 Å². The van der Waals surface area contributed by atoms with E-state index in [-0.39, 0.29) is 0 Å². The lowest BCUT2D eigenvalue weighted by atomic mass is 10.2. The highest BCUT2D eigenvalue weighted by atomic mass is 32.1.